The number of hydrogen-bond acceptors (Lipinski definition) is 10. The Morgan fingerprint density at radius 1 is 0.412 bits per heavy atom. The molecule has 12 heteroatoms. The molecule has 0 saturated heterocycles. The minimum atomic E-state index is -4.75. The molecule has 0 radical (unpaired) electrons. The number of ether oxygens (including phenoxy) is 3. The lowest BCUT2D eigenvalue weighted by molar-refractivity contribution is -0.161. The van der Waals surface area contributed by atoms with Crippen LogP contribution < -0.4 is 0 Å². The van der Waals surface area contributed by atoms with Crippen molar-refractivity contribution in [2.45, 2.75) is 264 Å². The molecule has 2 N–H and O–H groups in total. The van der Waals surface area contributed by atoms with E-state index in [1.54, 1.807) is 0 Å². The number of rotatable bonds is 51. The molecule has 0 aromatic carbocycles. The third-order valence-corrected chi connectivity index (χ3v) is 12.7. The lowest BCUT2D eigenvalue weighted by Crippen LogP contribution is -2.30. The Bertz CT molecular complexity index is 1330. The van der Waals surface area contributed by atoms with Crippen molar-refractivity contribution >= 4 is 25.7 Å². The molecule has 0 aromatic heterocycles. The fourth-order valence-corrected chi connectivity index (χ4v) is 8.26. The average Bonchev–Trinajstić information content (AvgIpc) is 3.32. The molecule has 0 spiro atoms. The van der Waals surface area contributed by atoms with Crippen LogP contribution in [-0.4, -0.2) is 66.5 Å². The van der Waals surface area contributed by atoms with Crippen LogP contribution in [0.5, 0.6) is 0 Å². The van der Waals surface area contributed by atoms with Gasteiger partial charge in [-0.25, -0.2) is 4.57 Å². The van der Waals surface area contributed by atoms with Gasteiger partial charge in [0.05, 0.1) is 19.8 Å². The highest BCUT2D eigenvalue weighted by atomic mass is 31.2. The fourth-order valence-electron chi connectivity index (χ4n) is 7.47. The first-order chi connectivity index (χ1) is 33.2. The van der Waals surface area contributed by atoms with Crippen LogP contribution in [0.15, 0.2) is 48.6 Å². The Morgan fingerprint density at radius 3 is 1.12 bits per heavy atom. The molecule has 0 heterocycles. The van der Waals surface area contributed by atoms with Crippen LogP contribution in [0.1, 0.15) is 252 Å². The molecule has 0 bridgehead atoms. The van der Waals surface area contributed by atoms with Crippen molar-refractivity contribution in [1.82, 2.24) is 0 Å². The summed E-state index contributed by atoms with van der Waals surface area (Å²) >= 11 is 0. The van der Waals surface area contributed by atoms with Crippen LogP contribution >= 0.6 is 7.82 Å². The molecule has 0 aliphatic rings. The number of allylic oxidation sites excluding steroid dienone is 8. The van der Waals surface area contributed by atoms with Gasteiger partial charge in [-0.1, -0.05) is 198 Å². The van der Waals surface area contributed by atoms with Crippen molar-refractivity contribution in [1.29, 1.82) is 0 Å². The topological polar surface area (TPSA) is 155 Å². The van der Waals surface area contributed by atoms with E-state index in [0.29, 0.717) is 19.3 Å². The van der Waals surface area contributed by atoms with Crippen molar-refractivity contribution in [3.05, 3.63) is 48.6 Å². The second-order valence-electron chi connectivity index (χ2n) is 18.4. The maximum Gasteiger partial charge on any atom is 0.472 e. The summed E-state index contributed by atoms with van der Waals surface area (Å²) in [5, 5.41) is 9.77. The van der Waals surface area contributed by atoms with E-state index in [0.717, 1.165) is 109 Å². The third-order valence-electron chi connectivity index (χ3n) is 11.7. The Morgan fingerprint density at radius 2 is 0.721 bits per heavy atom. The molecule has 0 saturated carbocycles. The van der Waals surface area contributed by atoms with Gasteiger partial charge in [-0.2, -0.15) is 0 Å². The van der Waals surface area contributed by atoms with Gasteiger partial charge in [0.25, 0.3) is 0 Å². The molecule has 3 atom stereocenters. The highest BCUT2D eigenvalue weighted by Crippen LogP contribution is 2.43. The van der Waals surface area contributed by atoms with Gasteiger partial charge in [-0.3, -0.25) is 23.4 Å². The summed E-state index contributed by atoms with van der Waals surface area (Å²) in [7, 11) is -4.75. The summed E-state index contributed by atoms with van der Waals surface area (Å²) in [6, 6.07) is 0. The van der Waals surface area contributed by atoms with E-state index >= 15 is 0 Å². The van der Waals surface area contributed by atoms with Crippen molar-refractivity contribution < 1.29 is 52.2 Å². The minimum absolute atomic E-state index is 0.150. The molecule has 396 valence electrons. The summed E-state index contributed by atoms with van der Waals surface area (Å²) in [5.41, 5.74) is 0. The Kier molecular flexibility index (Phi) is 48.9. The van der Waals surface area contributed by atoms with Gasteiger partial charge in [-0.05, 0) is 83.5 Å². The van der Waals surface area contributed by atoms with Crippen molar-refractivity contribution in [2.24, 2.45) is 0 Å². The molecule has 68 heavy (non-hydrogen) atoms. The summed E-state index contributed by atoms with van der Waals surface area (Å²) in [6.45, 7) is 4.56. The minimum Gasteiger partial charge on any atom is -0.462 e. The maximum absolute atomic E-state index is 12.9. The zero-order valence-electron chi connectivity index (χ0n) is 43.6. The number of carbonyl (C=O) groups excluding carboxylic acids is 3. The SMILES string of the molecule is CCCCC/C=C\C/C=C\CCCCCCCC(=O)OCC(COP(=O)(O)OCC(CO)OC(=O)CCCCCCCCCCCCC)OC(=O)CCCCCCC/C=C\C/C=C\CCCCC. The highest BCUT2D eigenvalue weighted by molar-refractivity contribution is 7.47. The van der Waals surface area contributed by atoms with Gasteiger partial charge < -0.3 is 24.2 Å². The number of aliphatic hydroxyl groups is 1. The normalized spacial score (nSPS) is 13.8. The van der Waals surface area contributed by atoms with Gasteiger partial charge in [0.2, 0.25) is 0 Å². The van der Waals surface area contributed by atoms with Gasteiger partial charge in [0.1, 0.15) is 12.7 Å². The first-order valence-electron chi connectivity index (χ1n) is 27.5. The second-order valence-corrected chi connectivity index (χ2v) is 19.8. The zero-order valence-corrected chi connectivity index (χ0v) is 44.5. The number of esters is 3. The fraction of sp³-hybridized carbons (Fsp3) is 0.804. The van der Waals surface area contributed by atoms with Crippen LogP contribution in [-0.2, 0) is 42.2 Å². The van der Waals surface area contributed by atoms with Crippen LogP contribution in [0.2, 0.25) is 0 Å². The molecule has 0 rings (SSSR count). The van der Waals surface area contributed by atoms with Crippen LogP contribution in [0.3, 0.4) is 0 Å². The number of unbranched alkanes of at least 4 members (excludes halogenated alkanes) is 26. The van der Waals surface area contributed by atoms with Crippen molar-refractivity contribution in [3.8, 4) is 0 Å². The van der Waals surface area contributed by atoms with Gasteiger partial charge in [-0.15, -0.1) is 0 Å². The Hall–Kier alpha value is -2.56. The zero-order chi connectivity index (χ0) is 49.9. The summed E-state index contributed by atoms with van der Waals surface area (Å²) in [6.07, 6.45) is 52.1. The van der Waals surface area contributed by atoms with E-state index in [-0.39, 0.29) is 25.9 Å². The monoisotopic (exact) mass is 981 g/mol. The molecular weight excluding hydrogens is 880 g/mol. The van der Waals surface area contributed by atoms with E-state index in [1.807, 2.05) is 0 Å². The Balaban J connectivity index is 4.77. The van der Waals surface area contributed by atoms with Gasteiger partial charge in [0, 0.05) is 19.3 Å². The average molecular weight is 981 g/mol. The molecule has 0 aliphatic heterocycles. The molecule has 0 aromatic rings. The highest BCUT2D eigenvalue weighted by Gasteiger charge is 2.28. The summed E-state index contributed by atoms with van der Waals surface area (Å²) < 4.78 is 39.4. The molecule has 0 fully saturated rings. The van der Waals surface area contributed by atoms with E-state index in [4.69, 9.17) is 23.3 Å². The standard InChI is InChI=1S/C56H101O11P/c1-4-7-10-13-16-19-22-24-26-28-31-33-36-39-42-45-54(58)63-49-53(67-56(60)47-44-41-38-35-32-29-27-25-23-20-17-14-11-8-5-2)51-65-68(61,62)64-50-52(48-57)66-55(59)46-43-40-37-34-30-21-18-15-12-9-6-3/h16-17,19-20,24-27,52-53,57H,4-15,18,21-23,28-51H2,1-3H3,(H,61,62)/b19-16-,20-17-,26-24-,27-25-. The van der Waals surface area contributed by atoms with Crippen molar-refractivity contribution in [2.75, 3.05) is 26.4 Å². The quantitative estimate of drug-likeness (QED) is 0.0197. The van der Waals surface area contributed by atoms with Crippen molar-refractivity contribution in [3.63, 3.8) is 0 Å². The third kappa shape index (κ3) is 48.5. The number of carbonyl (C=O) groups is 3. The molecule has 0 aliphatic carbocycles. The maximum atomic E-state index is 12.9. The van der Waals surface area contributed by atoms with Gasteiger partial charge >= 0.3 is 25.7 Å². The number of phosphoric acid groups is 1. The van der Waals surface area contributed by atoms with Crippen LogP contribution in [0, 0.1) is 0 Å². The number of aliphatic hydroxyl groups excluding tert-OH is 1. The molecule has 0 amide bonds. The van der Waals surface area contributed by atoms with E-state index in [9.17, 15) is 28.9 Å². The largest absolute Gasteiger partial charge is 0.472 e. The van der Waals surface area contributed by atoms with E-state index in [2.05, 4.69) is 69.4 Å². The predicted molar refractivity (Wildman–Crippen MR) is 279 cm³/mol. The Labute approximate surface area is 415 Å². The van der Waals surface area contributed by atoms with Gasteiger partial charge in [0.15, 0.2) is 6.10 Å². The second kappa shape index (κ2) is 50.8. The van der Waals surface area contributed by atoms with Crippen LogP contribution in [0.25, 0.3) is 0 Å². The number of hydrogen-bond donors (Lipinski definition) is 2. The summed E-state index contributed by atoms with van der Waals surface area (Å²) in [4.78, 5) is 48.4. The first kappa shape index (κ1) is 65.4. The molecule has 3 unspecified atom stereocenters. The van der Waals surface area contributed by atoms with E-state index in [1.165, 1.54) is 83.5 Å². The predicted octanol–water partition coefficient (Wildman–Crippen LogP) is 15.8. The first-order valence-corrected chi connectivity index (χ1v) is 29.0. The molecular formula is C56H101O11P. The lowest BCUT2D eigenvalue weighted by Gasteiger charge is -2.21. The lowest BCUT2D eigenvalue weighted by atomic mass is 10.1. The van der Waals surface area contributed by atoms with E-state index < -0.39 is 57.8 Å². The summed E-state index contributed by atoms with van der Waals surface area (Å²) in [5.74, 6) is -1.49. The molecule has 11 nitrogen and oxygen atoms in total. The smallest absolute Gasteiger partial charge is 0.462 e. The van der Waals surface area contributed by atoms with Crippen LogP contribution in [0.4, 0.5) is 0 Å². The number of phosphoric ester groups is 1.